The summed E-state index contributed by atoms with van der Waals surface area (Å²) in [6, 6.07) is 1.89. The first-order valence-corrected chi connectivity index (χ1v) is 7.58. The number of amides is 1. The Hall–Kier alpha value is -0.830. The van der Waals surface area contributed by atoms with Gasteiger partial charge in [-0.15, -0.1) is 11.3 Å². The van der Waals surface area contributed by atoms with E-state index in [1.165, 1.54) is 0 Å². The van der Waals surface area contributed by atoms with Crippen molar-refractivity contribution in [3.8, 4) is 0 Å². The average molecular weight is 379 g/mol. The third kappa shape index (κ3) is 2.94. The molecular weight excluding hydrogens is 365 g/mol. The van der Waals surface area contributed by atoms with Crippen LogP contribution < -0.4 is 5.73 Å². The zero-order chi connectivity index (χ0) is 13.1. The highest BCUT2D eigenvalue weighted by Crippen LogP contribution is 2.22. The van der Waals surface area contributed by atoms with Gasteiger partial charge < -0.3 is 15.8 Å². The SMILES string of the molecule is NC(=NO)C1CCCN(C(=O)c2csc(I)c2)C1. The largest absolute Gasteiger partial charge is 0.409 e. The number of oxime groups is 1. The number of nitrogens with zero attached hydrogens (tertiary/aromatic N) is 2. The van der Waals surface area contributed by atoms with E-state index >= 15 is 0 Å². The summed E-state index contributed by atoms with van der Waals surface area (Å²) in [4.78, 5) is 14.0. The molecule has 0 saturated carbocycles. The second-order valence-electron chi connectivity index (χ2n) is 4.25. The minimum absolute atomic E-state index is 0.0320. The van der Waals surface area contributed by atoms with Gasteiger partial charge in [-0.1, -0.05) is 5.16 Å². The van der Waals surface area contributed by atoms with Gasteiger partial charge in [0.2, 0.25) is 0 Å². The topological polar surface area (TPSA) is 78.9 Å². The fourth-order valence-corrected chi connectivity index (χ4v) is 3.41. The Kier molecular flexibility index (Phi) is 4.44. The molecule has 1 atom stereocenters. The first-order chi connectivity index (χ1) is 8.61. The highest BCUT2D eigenvalue weighted by atomic mass is 127. The van der Waals surface area contributed by atoms with Crippen LogP contribution in [0.4, 0.5) is 0 Å². The van der Waals surface area contributed by atoms with Crippen LogP contribution in [0, 0.1) is 8.80 Å². The van der Waals surface area contributed by atoms with Gasteiger partial charge in [-0.25, -0.2) is 0 Å². The Morgan fingerprint density at radius 3 is 3.06 bits per heavy atom. The summed E-state index contributed by atoms with van der Waals surface area (Å²) < 4.78 is 1.10. The second-order valence-corrected chi connectivity index (χ2v) is 7.06. The van der Waals surface area contributed by atoms with Gasteiger partial charge in [0, 0.05) is 24.4 Å². The number of hydrogen-bond acceptors (Lipinski definition) is 4. The monoisotopic (exact) mass is 379 g/mol. The summed E-state index contributed by atoms with van der Waals surface area (Å²) in [5.41, 5.74) is 6.34. The molecule has 1 aliphatic rings. The zero-order valence-electron chi connectivity index (χ0n) is 9.67. The van der Waals surface area contributed by atoms with Crippen molar-refractivity contribution < 1.29 is 10.0 Å². The number of nitrogens with two attached hydrogens (primary N) is 1. The molecule has 7 heteroatoms. The minimum atomic E-state index is -0.0367. The highest BCUT2D eigenvalue weighted by molar-refractivity contribution is 14.1. The number of carbonyl (C=O) groups excluding carboxylic acids is 1. The summed E-state index contributed by atoms with van der Waals surface area (Å²) in [5, 5.41) is 13.6. The molecule has 98 valence electrons. The van der Waals surface area contributed by atoms with E-state index in [1.807, 2.05) is 11.4 Å². The standard InChI is InChI=1S/C11H14IN3O2S/c12-9-4-8(6-18-9)11(16)15-3-1-2-7(5-15)10(13)14-17/h4,6-7,17H,1-3,5H2,(H2,13,14). The molecule has 1 saturated heterocycles. The van der Waals surface area contributed by atoms with Crippen molar-refractivity contribution in [2.45, 2.75) is 12.8 Å². The van der Waals surface area contributed by atoms with Gasteiger partial charge in [-0.2, -0.15) is 0 Å². The van der Waals surface area contributed by atoms with Gasteiger partial charge in [-0.3, -0.25) is 4.79 Å². The van der Waals surface area contributed by atoms with Gasteiger partial charge >= 0.3 is 0 Å². The molecule has 1 unspecified atom stereocenters. The molecule has 0 bridgehead atoms. The smallest absolute Gasteiger partial charge is 0.254 e. The summed E-state index contributed by atoms with van der Waals surface area (Å²) in [7, 11) is 0. The Morgan fingerprint density at radius 1 is 1.67 bits per heavy atom. The number of amidine groups is 1. The number of carbonyl (C=O) groups is 1. The van der Waals surface area contributed by atoms with Gasteiger partial charge in [0.25, 0.3) is 5.91 Å². The molecule has 0 aromatic carbocycles. The van der Waals surface area contributed by atoms with E-state index in [-0.39, 0.29) is 17.7 Å². The van der Waals surface area contributed by atoms with E-state index in [9.17, 15) is 4.79 Å². The van der Waals surface area contributed by atoms with Crippen LogP contribution in [0.2, 0.25) is 0 Å². The molecule has 2 heterocycles. The second kappa shape index (κ2) is 5.87. The van der Waals surface area contributed by atoms with Crippen molar-refractivity contribution in [3.63, 3.8) is 0 Å². The third-order valence-corrected chi connectivity index (χ3v) is 4.85. The van der Waals surface area contributed by atoms with Crippen molar-refractivity contribution in [1.82, 2.24) is 4.90 Å². The van der Waals surface area contributed by atoms with Crippen LogP contribution in [0.25, 0.3) is 0 Å². The van der Waals surface area contributed by atoms with Crippen LogP contribution in [-0.2, 0) is 0 Å². The first kappa shape index (κ1) is 13.6. The summed E-state index contributed by atoms with van der Waals surface area (Å²) >= 11 is 3.76. The lowest BCUT2D eigenvalue weighted by atomic mass is 9.96. The lowest BCUT2D eigenvalue weighted by Gasteiger charge is -2.31. The lowest BCUT2D eigenvalue weighted by Crippen LogP contribution is -2.44. The third-order valence-electron chi connectivity index (χ3n) is 3.06. The number of piperidine rings is 1. The molecule has 0 aliphatic carbocycles. The van der Waals surface area contributed by atoms with E-state index in [0.29, 0.717) is 6.54 Å². The van der Waals surface area contributed by atoms with E-state index in [1.54, 1.807) is 16.2 Å². The fourth-order valence-electron chi connectivity index (χ4n) is 2.09. The molecule has 1 amide bonds. The molecule has 0 spiro atoms. The molecule has 0 radical (unpaired) electrons. The zero-order valence-corrected chi connectivity index (χ0v) is 12.6. The Labute approximate surface area is 123 Å². The van der Waals surface area contributed by atoms with Crippen LogP contribution in [0.3, 0.4) is 0 Å². The van der Waals surface area contributed by atoms with Crippen LogP contribution in [-0.4, -0.2) is 34.9 Å². The fraction of sp³-hybridized carbons (Fsp3) is 0.455. The minimum Gasteiger partial charge on any atom is -0.409 e. The molecule has 2 rings (SSSR count). The molecule has 18 heavy (non-hydrogen) atoms. The van der Waals surface area contributed by atoms with Crippen LogP contribution >= 0.6 is 33.9 Å². The molecule has 1 aliphatic heterocycles. The Balaban J connectivity index is 2.07. The number of likely N-dealkylation sites (tertiary alicyclic amines) is 1. The molecular formula is C11H14IN3O2S. The van der Waals surface area contributed by atoms with Gasteiger partial charge in [0.1, 0.15) is 5.84 Å². The van der Waals surface area contributed by atoms with Crippen molar-refractivity contribution in [2.24, 2.45) is 16.8 Å². The van der Waals surface area contributed by atoms with E-state index in [0.717, 1.165) is 27.8 Å². The van der Waals surface area contributed by atoms with E-state index in [4.69, 9.17) is 10.9 Å². The van der Waals surface area contributed by atoms with Crippen LogP contribution in [0.1, 0.15) is 23.2 Å². The quantitative estimate of drug-likeness (QED) is 0.271. The van der Waals surface area contributed by atoms with Crippen molar-refractivity contribution in [2.75, 3.05) is 13.1 Å². The molecule has 1 aromatic heterocycles. The molecule has 5 nitrogen and oxygen atoms in total. The normalized spacial score (nSPS) is 21.1. The van der Waals surface area contributed by atoms with Crippen LogP contribution in [0.5, 0.6) is 0 Å². The summed E-state index contributed by atoms with van der Waals surface area (Å²) in [6.45, 7) is 1.27. The van der Waals surface area contributed by atoms with Crippen molar-refractivity contribution in [3.05, 3.63) is 19.9 Å². The first-order valence-electron chi connectivity index (χ1n) is 5.62. The van der Waals surface area contributed by atoms with Crippen molar-refractivity contribution >= 4 is 45.7 Å². The molecule has 1 fully saturated rings. The number of hydrogen-bond donors (Lipinski definition) is 2. The summed E-state index contributed by atoms with van der Waals surface area (Å²) in [5.74, 6) is 0.211. The van der Waals surface area contributed by atoms with Gasteiger partial charge in [-0.05, 0) is 41.5 Å². The number of thiophene rings is 1. The maximum atomic E-state index is 12.3. The number of rotatable bonds is 2. The average Bonchev–Trinajstić information content (AvgIpc) is 2.83. The lowest BCUT2D eigenvalue weighted by molar-refractivity contribution is 0.0702. The highest BCUT2D eigenvalue weighted by Gasteiger charge is 2.27. The van der Waals surface area contributed by atoms with E-state index < -0.39 is 0 Å². The predicted octanol–water partition coefficient (Wildman–Crippen LogP) is 1.95. The maximum absolute atomic E-state index is 12.3. The predicted molar refractivity (Wildman–Crippen MR) is 79.1 cm³/mol. The number of halogens is 1. The van der Waals surface area contributed by atoms with Crippen molar-refractivity contribution in [1.29, 1.82) is 0 Å². The molecule has 3 N–H and O–H groups in total. The van der Waals surface area contributed by atoms with Gasteiger partial charge in [0.15, 0.2) is 0 Å². The Morgan fingerprint density at radius 2 is 2.44 bits per heavy atom. The molecule has 1 aromatic rings. The van der Waals surface area contributed by atoms with Crippen LogP contribution in [0.15, 0.2) is 16.6 Å². The Bertz CT molecular complexity index is 475. The van der Waals surface area contributed by atoms with E-state index in [2.05, 4.69) is 27.7 Å². The summed E-state index contributed by atoms with van der Waals surface area (Å²) in [6.07, 6.45) is 1.74. The maximum Gasteiger partial charge on any atom is 0.254 e. The van der Waals surface area contributed by atoms with Gasteiger partial charge in [0.05, 0.1) is 8.45 Å².